The van der Waals surface area contributed by atoms with Gasteiger partial charge in [0.25, 0.3) is 5.91 Å². The summed E-state index contributed by atoms with van der Waals surface area (Å²) in [6.07, 6.45) is 4.04. The maximum Gasteiger partial charge on any atom is 0.344 e. The van der Waals surface area contributed by atoms with Crippen molar-refractivity contribution in [3.8, 4) is 5.69 Å². The number of hydrogen-bond donors (Lipinski definition) is 2. The topological polar surface area (TPSA) is 109 Å². The van der Waals surface area contributed by atoms with Gasteiger partial charge in [-0.25, -0.2) is 4.79 Å². The summed E-state index contributed by atoms with van der Waals surface area (Å²) in [4.78, 5) is 37.5. The van der Waals surface area contributed by atoms with Crippen LogP contribution in [0, 0.1) is 13.8 Å². The molecule has 30 heavy (non-hydrogen) atoms. The van der Waals surface area contributed by atoms with Crippen molar-refractivity contribution in [2.45, 2.75) is 56.6 Å². The largest absolute Gasteiger partial charge is 0.344 e. The van der Waals surface area contributed by atoms with Crippen LogP contribution < -0.4 is 10.7 Å². The number of aromatic nitrogens is 3. The van der Waals surface area contributed by atoms with Crippen LogP contribution in [0.5, 0.6) is 0 Å². The Morgan fingerprint density at radius 2 is 1.97 bits per heavy atom. The molecule has 2 aromatic rings. The van der Waals surface area contributed by atoms with Crippen LogP contribution in [-0.4, -0.2) is 48.9 Å². The number of thioether (sulfide) groups is 1. The van der Waals surface area contributed by atoms with Gasteiger partial charge in [0.05, 0.1) is 5.75 Å². The van der Waals surface area contributed by atoms with Crippen molar-refractivity contribution in [1.82, 2.24) is 30.5 Å². The molecule has 0 unspecified atom stereocenters. The molecule has 1 aliphatic carbocycles. The first-order chi connectivity index (χ1) is 14.4. The number of urea groups is 1. The predicted octanol–water partition coefficient (Wildman–Crippen LogP) is 2.26. The van der Waals surface area contributed by atoms with Crippen LogP contribution in [0.4, 0.5) is 4.79 Å². The van der Waals surface area contributed by atoms with Gasteiger partial charge >= 0.3 is 6.03 Å². The minimum Gasteiger partial charge on any atom is -0.322 e. The van der Waals surface area contributed by atoms with E-state index in [1.165, 1.54) is 11.8 Å². The molecule has 0 atom stereocenters. The Morgan fingerprint density at radius 3 is 2.70 bits per heavy atom. The zero-order valence-electron chi connectivity index (χ0n) is 17.0. The molecule has 1 saturated heterocycles. The molecule has 4 amide bonds. The number of aryl methyl sites for hydroxylation is 2. The highest BCUT2D eigenvalue weighted by Crippen LogP contribution is 2.33. The summed E-state index contributed by atoms with van der Waals surface area (Å²) in [5.41, 5.74) is 3.60. The summed E-state index contributed by atoms with van der Waals surface area (Å²) in [6.45, 7) is 3.84. The van der Waals surface area contributed by atoms with Gasteiger partial charge in [-0.2, -0.15) is 5.01 Å². The van der Waals surface area contributed by atoms with E-state index in [1.54, 1.807) is 0 Å². The number of carbonyl (C=O) groups excluding carboxylic acids is 3. The Kier molecular flexibility index (Phi) is 5.50. The third-order valence-corrected chi connectivity index (χ3v) is 6.42. The summed E-state index contributed by atoms with van der Waals surface area (Å²) < 4.78 is 1.87. The first kappa shape index (κ1) is 20.4. The van der Waals surface area contributed by atoms with E-state index in [0.29, 0.717) is 23.8 Å². The second-order valence-electron chi connectivity index (χ2n) is 7.74. The van der Waals surface area contributed by atoms with Gasteiger partial charge in [-0.05, 0) is 44.4 Å². The molecule has 1 aromatic heterocycles. The van der Waals surface area contributed by atoms with Crippen molar-refractivity contribution < 1.29 is 14.4 Å². The molecule has 1 aromatic carbocycles. The summed E-state index contributed by atoms with van der Waals surface area (Å²) in [7, 11) is 0. The standard InChI is InChI=1S/C20H24N6O3S/c1-13-7-6-8-15(11-13)25-14(2)22-23-19(25)30-12-16(27)24-26-17(28)20(21-18(26)29)9-4-3-5-10-20/h6-8,11H,3-5,9-10,12H2,1-2H3,(H,21,29)(H,24,27). The molecule has 2 aliphatic rings. The second-order valence-corrected chi connectivity index (χ2v) is 8.68. The second kappa shape index (κ2) is 8.10. The molecule has 2 fully saturated rings. The normalized spacial score (nSPS) is 18.0. The number of amides is 4. The molecule has 1 aliphatic heterocycles. The first-order valence-electron chi connectivity index (χ1n) is 9.98. The maximum atomic E-state index is 12.8. The molecule has 0 radical (unpaired) electrons. The minimum absolute atomic E-state index is 0.00594. The minimum atomic E-state index is -0.863. The van der Waals surface area contributed by atoms with Gasteiger partial charge < -0.3 is 5.32 Å². The molecule has 9 nitrogen and oxygen atoms in total. The quantitative estimate of drug-likeness (QED) is 0.559. The summed E-state index contributed by atoms with van der Waals surface area (Å²) in [6, 6.07) is 7.34. The fraction of sp³-hybridized carbons (Fsp3) is 0.450. The molecular formula is C20H24N6O3S. The van der Waals surface area contributed by atoms with E-state index in [-0.39, 0.29) is 11.7 Å². The lowest BCUT2D eigenvalue weighted by molar-refractivity contribution is -0.139. The highest BCUT2D eigenvalue weighted by atomic mass is 32.2. The van der Waals surface area contributed by atoms with Crippen molar-refractivity contribution in [2.24, 2.45) is 0 Å². The van der Waals surface area contributed by atoms with E-state index >= 15 is 0 Å². The van der Waals surface area contributed by atoms with E-state index in [1.807, 2.05) is 42.7 Å². The molecule has 2 N–H and O–H groups in total. The lowest BCUT2D eigenvalue weighted by Gasteiger charge is -2.30. The number of benzene rings is 1. The first-order valence-corrected chi connectivity index (χ1v) is 11.0. The number of carbonyl (C=O) groups is 3. The third kappa shape index (κ3) is 3.79. The predicted molar refractivity (Wildman–Crippen MR) is 111 cm³/mol. The van der Waals surface area contributed by atoms with Crippen molar-refractivity contribution >= 4 is 29.6 Å². The van der Waals surface area contributed by atoms with Crippen LogP contribution in [0.25, 0.3) is 5.69 Å². The van der Waals surface area contributed by atoms with E-state index in [9.17, 15) is 14.4 Å². The maximum absolute atomic E-state index is 12.8. The van der Waals surface area contributed by atoms with Crippen LogP contribution in [-0.2, 0) is 9.59 Å². The molecule has 10 heteroatoms. The zero-order valence-corrected chi connectivity index (χ0v) is 17.8. The number of hydrogen-bond acceptors (Lipinski definition) is 6. The van der Waals surface area contributed by atoms with E-state index in [4.69, 9.17) is 0 Å². The van der Waals surface area contributed by atoms with E-state index < -0.39 is 17.5 Å². The molecular weight excluding hydrogens is 404 g/mol. The molecule has 2 heterocycles. The summed E-state index contributed by atoms with van der Waals surface area (Å²) in [5, 5.41) is 12.4. The van der Waals surface area contributed by atoms with E-state index in [0.717, 1.165) is 35.5 Å². The van der Waals surface area contributed by atoms with Gasteiger partial charge in [0.15, 0.2) is 5.16 Å². The van der Waals surface area contributed by atoms with Crippen molar-refractivity contribution in [2.75, 3.05) is 5.75 Å². The molecule has 1 spiro atoms. The number of nitrogens with one attached hydrogen (secondary N) is 2. The highest BCUT2D eigenvalue weighted by Gasteiger charge is 2.52. The Labute approximate surface area is 178 Å². The number of rotatable bonds is 5. The van der Waals surface area contributed by atoms with Crippen LogP contribution in [0.2, 0.25) is 0 Å². The molecule has 4 rings (SSSR count). The van der Waals surface area contributed by atoms with Gasteiger partial charge in [-0.3, -0.25) is 19.6 Å². The highest BCUT2D eigenvalue weighted by molar-refractivity contribution is 7.99. The molecule has 0 bridgehead atoms. The molecule has 1 saturated carbocycles. The summed E-state index contributed by atoms with van der Waals surface area (Å²) >= 11 is 1.20. The SMILES string of the molecule is Cc1cccc(-n2c(C)nnc2SCC(=O)NN2C(=O)NC3(CCCCC3)C2=O)c1. The van der Waals surface area contributed by atoms with Gasteiger partial charge in [-0.1, -0.05) is 43.2 Å². The zero-order chi connectivity index (χ0) is 21.3. The average molecular weight is 429 g/mol. The lowest BCUT2D eigenvalue weighted by Crippen LogP contribution is -2.51. The smallest absolute Gasteiger partial charge is 0.322 e. The number of imide groups is 1. The Balaban J connectivity index is 1.41. The van der Waals surface area contributed by atoms with Crippen LogP contribution in [0.3, 0.4) is 0 Å². The Bertz CT molecular complexity index is 998. The fourth-order valence-electron chi connectivity index (χ4n) is 4.00. The fourth-order valence-corrected chi connectivity index (χ4v) is 4.79. The van der Waals surface area contributed by atoms with E-state index in [2.05, 4.69) is 20.9 Å². The van der Waals surface area contributed by atoms with Crippen molar-refractivity contribution in [3.05, 3.63) is 35.7 Å². The monoisotopic (exact) mass is 428 g/mol. The van der Waals surface area contributed by atoms with Gasteiger partial charge in [0, 0.05) is 5.69 Å². The van der Waals surface area contributed by atoms with Crippen molar-refractivity contribution in [3.63, 3.8) is 0 Å². The average Bonchev–Trinajstić information content (AvgIpc) is 3.20. The van der Waals surface area contributed by atoms with Crippen LogP contribution in [0.1, 0.15) is 43.5 Å². The lowest BCUT2D eigenvalue weighted by atomic mass is 9.82. The van der Waals surface area contributed by atoms with Gasteiger partial charge in [0.1, 0.15) is 11.4 Å². The number of hydrazine groups is 1. The van der Waals surface area contributed by atoms with Gasteiger partial charge in [-0.15, -0.1) is 10.2 Å². The van der Waals surface area contributed by atoms with Crippen molar-refractivity contribution in [1.29, 1.82) is 0 Å². The Morgan fingerprint density at radius 1 is 1.20 bits per heavy atom. The summed E-state index contributed by atoms with van der Waals surface area (Å²) in [5.74, 6) is -0.123. The van der Waals surface area contributed by atoms with Crippen LogP contribution >= 0.6 is 11.8 Å². The Hall–Kier alpha value is -2.88. The molecule has 158 valence electrons. The van der Waals surface area contributed by atoms with Crippen LogP contribution in [0.15, 0.2) is 29.4 Å². The third-order valence-electron chi connectivity index (χ3n) is 5.49. The number of nitrogens with zero attached hydrogens (tertiary/aromatic N) is 4. The van der Waals surface area contributed by atoms with Gasteiger partial charge in [0.2, 0.25) is 5.91 Å².